The Balaban J connectivity index is 0.000000200. The van der Waals surface area contributed by atoms with Gasteiger partial charge in [-0.3, -0.25) is 0 Å². The van der Waals surface area contributed by atoms with Gasteiger partial charge < -0.3 is 29.3 Å². The second-order valence-corrected chi connectivity index (χ2v) is 3.47. The first kappa shape index (κ1) is 15.5. The Morgan fingerprint density at radius 2 is 1.70 bits per heavy atom. The van der Waals surface area contributed by atoms with Gasteiger partial charge in [-0.1, -0.05) is 0 Å². The van der Waals surface area contributed by atoms with Crippen LogP contribution in [-0.2, 0) is 13.2 Å². The summed E-state index contributed by atoms with van der Waals surface area (Å²) in [7, 11) is 0. The first-order valence-corrected chi connectivity index (χ1v) is 5.33. The zero-order valence-corrected chi connectivity index (χ0v) is 10.1. The molecule has 0 aliphatic carbocycles. The number of carboxylic acid groups (broad SMARTS) is 2. The van der Waals surface area contributed by atoms with Gasteiger partial charge in [-0.15, -0.1) is 0 Å². The minimum atomic E-state index is -1.16. The average Bonchev–Trinajstić information content (AvgIpc) is 3.08. The van der Waals surface area contributed by atoms with Crippen molar-refractivity contribution in [1.82, 2.24) is 0 Å². The van der Waals surface area contributed by atoms with Crippen LogP contribution in [0.2, 0.25) is 0 Å². The third kappa shape index (κ3) is 3.97. The minimum Gasteiger partial charge on any atom is -0.475 e. The van der Waals surface area contributed by atoms with Crippen molar-refractivity contribution in [2.45, 2.75) is 13.2 Å². The van der Waals surface area contributed by atoms with Crippen LogP contribution < -0.4 is 0 Å². The molecule has 20 heavy (non-hydrogen) atoms. The molecule has 2 rings (SSSR count). The van der Waals surface area contributed by atoms with Crippen LogP contribution in [0.25, 0.3) is 0 Å². The van der Waals surface area contributed by atoms with E-state index < -0.39 is 11.9 Å². The predicted octanol–water partition coefficient (Wildman–Crippen LogP) is 0.940. The van der Waals surface area contributed by atoms with Crippen LogP contribution in [0.15, 0.2) is 33.3 Å². The van der Waals surface area contributed by atoms with E-state index >= 15 is 0 Å². The Kier molecular flexibility index (Phi) is 5.51. The fourth-order valence-corrected chi connectivity index (χ4v) is 1.23. The quantitative estimate of drug-likeness (QED) is 0.649. The molecule has 0 unspecified atom stereocenters. The van der Waals surface area contributed by atoms with Gasteiger partial charge in [0.05, 0.1) is 12.9 Å². The van der Waals surface area contributed by atoms with E-state index in [9.17, 15) is 9.59 Å². The third-order valence-electron chi connectivity index (χ3n) is 2.14. The SMILES string of the molecule is O=C(O)c1ccc(CO)o1.O=C(O)c1occc1CO. The molecule has 2 aromatic rings. The van der Waals surface area contributed by atoms with Crippen LogP contribution in [0, 0.1) is 0 Å². The molecule has 8 nitrogen and oxygen atoms in total. The van der Waals surface area contributed by atoms with Crippen LogP contribution in [-0.4, -0.2) is 32.4 Å². The van der Waals surface area contributed by atoms with Gasteiger partial charge in [0.15, 0.2) is 0 Å². The van der Waals surface area contributed by atoms with Crippen molar-refractivity contribution in [1.29, 1.82) is 0 Å². The molecule has 4 N–H and O–H groups in total. The van der Waals surface area contributed by atoms with E-state index in [-0.39, 0.29) is 30.5 Å². The molecular formula is C12H12O8. The molecule has 0 aliphatic heterocycles. The summed E-state index contributed by atoms with van der Waals surface area (Å²) in [5.74, 6) is -2.36. The largest absolute Gasteiger partial charge is 0.475 e. The second-order valence-electron chi connectivity index (χ2n) is 3.47. The number of carbonyl (C=O) groups is 2. The van der Waals surface area contributed by atoms with Crippen molar-refractivity contribution >= 4 is 11.9 Å². The number of aliphatic hydroxyl groups is 2. The van der Waals surface area contributed by atoms with Gasteiger partial charge in [0.2, 0.25) is 11.5 Å². The van der Waals surface area contributed by atoms with E-state index in [2.05, 4.69) is 8.83 Å². The molecule has 2 heterocycles. The average molecular weight is 284 g/mol. The van der Waals surface area contributed by atoms with Gasteiger partial charge in [-0.05, 0) is 18.2 Å². The maximum absolute atomic E-state index is 10.2. The molecule has 108 valence electrons. The first-order chi connectivity index (χ1) is 9.49. The number of aliphatic hydroxyl groups excluding tert-OH is 2. The smallest absolute Gasteiger partial charge is 0.372 e. The molecule has 0 amide bonds. The van der Waals surface area contributed by atoms with E-state index in [1.54, 1.807) is 0 Å². The van der Waals surface area contributed by atoms with Crippen molar-refractivity contribution in [3.8, 4) is 0 Å². The van der Waals surface area contributed by atoms with Crippen LogP contribution in [0.4, 0.5) is 0 Å². The van der Waals surface area contributed by atoms with Gasteiger partial charge in [-0.2, -0.15) is 0 Å². The molecule has 0 atom stereocenters. The van der Waals surface area contributed by atoms with E-state index in [1.165, 1.54) is 24.5 Å². The predicted molar refractivity (Wildman–Crippen MR) is 63.2 cm³/mol. The van der Waals surface area contributed by atoms with Gasteiger partial charge in [0.1, 0.15) is 12.4 Å². The maximum Gasteiger partial charge on any atom is 0.372 e. The number of aromatic carboxylic acids is 2. The Labute approximate surface area is 112 Å². The maximum atomic E-state index is 10.2. The fraction of sp³-hybridized carbons (Fsp3) is 0.167. The molecule has 0 aromatic carbocycles. The summed E-state index contributed by atoms with van der Waals surface area (Å²) in [5.41, 5.74) is 0.299. The normalized spacial score (nSPS) is 9.70. The number of carboxylic acids is 2. The molecule has 2 aromatic heterocycles. The van der Waals surface area contributed by atoms with E-state index in [0.717, 1.165) is 0 Å². The highest BCUT2D eigenvalue weighted by Crippen LogP contribution is 2.09. The lowest BCUT2D eigenvalue weighted by Gasteiger charge is -1.89. The zero-order chi connectivity index (χ0) is 15.1. The number of furan rings is 2. The van der Waals surface area contributed by atoms with Crippen LogP contribution in [0.1, 0.15) is 32.4 Å². The molecule has 0 radical (unpaired) electrons. The summed E-state index contributed by atoms with van der Waals surface area (Å²) in [6.45, 7) is -0.578. The van der Waals surface area contributed by atoms with Gasteiger partial charge in [0, 0.05) is 5.56 Å². The molecular weight excluding hydrogens is 272 g/mol. The van der Waals surface area contributed by atoms with E-state index in [0.29, 0.717) is 5.56 Å². The topological polar surface area (TPSA) is 141 Å². The second kappa shape index (κ2) is 7.12. The molecule has 0 spiro atoms. The summed E-state index contributed by atoms with van der Waals surface area (Å²) in [6, 6.07) is 4.14. The van der Waals surface area contributed by atoms with Gasteiger partial charge in [0.25, 0.3) is 0 Å². The lowest BCUT2D eigenvalue weighted by molar-refractivity contribution is 0.0648. The third-order valence-corrected chi connectivity index (χ3v) is 2.14. The van der Waals surface area contributed by atoms with Crippen molar-refractivity contribution in [2.24, 2.45) is 0 Å². The van der Waals surface area contributed by atoms with Crippen LogP contribution in [0.5, 0.6) is 0 Å². The van der Waals surface area contributed by atoms with Crippen molar-refractivity contribution in [2.75, 3.05) is 0 Å². The Bertz CT molecular complexity index is 580. The summed E-state index contributed by atoms with van der Waals surface area (Å²) >= 11 is 0. The first-order valence-electron chi connectivity index (χ1n) is 5.33. The monoisotopic (exact) mass is 284 g/mol. The summed E-state index contributed by atoms with van der Waals surface area (Å²) in [5, 5.41) is 33.7. The van der Waals surface area contributed by atoms with Crippen molar-refractivity contribution in [3.05, 3.63) is 47.3 Å². The van der Waals surface area contributed by atoms with Gasteiger partial charge >= 0.3 is 11.9 Å². The van der Waals surface area contributed by atoms with Crippen molar-refractivity contribution in [3.63, 3.8) is 0 Å². The number of rotatable bonds is 4. The lowest BCUT2D eigenvalue weighted by atomic mass is 10.3. The Hall–Kier alpha value is -2.58. The van der Waals surface area contributed by atoms with E-state index in [4.69, 9.17) is 20.4 Å². The van der Waals surface area contributed by atoms with Crippen LogP contribution >= 0.6 is 0 Å². The highest BCUT2D eigenvalue weighted by molar-refractivity contribution is 5.86. The molecule has 0 saturated carbocycles. The zero-order valence-electron chi connectivity index (χ0n) is 10.1. The standard InChI is InChI=1S/2C6H6O4/c7-3-4-1-2-10-5(4)6(8)9;7-3-4-1-2-5(10-4)6(8)9/h2*1-2,7H,3H2,(H,8,9). The Morgan fingerprint density at radius 3 is 2.05 bits per heavy atom. The number of hydrogen-bond acceptors (Lipinski definition) is 6. The fourth-order valence-electron chi connectivity index (χ4n) is 1.23. The highest BCUT2D eigenvalue weighted by Gasteiger charge is 2.11. The Morgan fingerprint density at radius 1 is 1.00 bits per heavy atom. The lowest BCUT2D eigenvalue weighted by Crippen LogP contribution is -1.97. The summed E-state index contributed by atoms with van der Waals surface area (Å²) < 4.78 is 9.20. The molecule has 0 bridgehead atoms. The summed E-state index contributed by atoms with van der Waals surface area (Å²) in [4.78, 5) is 20.4. The number of hydrogen-bond donors (Lipinski definition) is 4. The van der Waals surface area contributed by atoms with E-state index in [1.807, 2.05) is 0 Å². The molecule has 0 saturated heterocycles. The van der Waals surface area contributed by atoms with Crippen LogP contribution in [0.3, 0.4) is 0 Å². The highest BCUT2D eigenvalue weighted by atomic mass is 16.4. The van der Waals surface area contributed by atoms with Gasteiger partial charge in [-0.25, -0.2) is 9.59 Å². The molecule has 8 heteroatoms. The molecule has 0 aliphatic rings. The molecule has 0 fully saturated rings. The minimum absolute atomic E-state index is 0.149. The summed E-state index contributed by atoms with van der Waals surface area (Å²) in [6.07, 6.45) is 1.23. The van der Waals surface area contributed by atoms with Crippen molar-refractivity contribution < 1.29 is 38.8 Å².